The summed E-state index contributed by atoms with van der Waals surface area (Å²) in [6.07, 6.45) is -9.28. The van der Waals surface area contributed by atoms with Gasteiger partial charge < -0.3 is 9.84 Å². The van der Waals surface area contributed by atoms with E-state index in [2.05, 4.69) is 0 Å². The SMILES string of the molecule is CC(C)COc1ccc(C(O)CC(F)(F)C(F)(F)F)cc1. The molecular weight excluding hydrogens is 295 g/mol. The number of aliphatic hydroxyl groups excluding tert-OH is 1. The van der Waals surface area contributed by atoms with E-state index in [9.17, 15) is 27.1 Å². The van der Waals surface area contributed by atoms with Crippen LogP contribution in [-0.4, -0.2) is 23.8 Å². The third-order valence-corrected chi connectivity index (χ3v) is 2.71. The molecule has 0 fully saturated rings. The summed E-state index contributed by atoms with van der Waals surface area (Å²) in [5, 5.41) is 9.51. The van der Waals surface area contributed by atoms with Crippen molar-refractivity contribution in [2.75, 3.05) is 6.61 Å². The second kappa shape index (κ2) is 6.60. The highest BCUT2D eigenvalue weighted by Crippen LogP contribution is 2.41. The minimum absolute atomic E-state index is 0.0178. The Bertz CT molecular complexity index is 440. The van der Waals surface area contributed by atoms with Crippen molar-refractivity contribution in [1.29, 1.82) is 0 Å². The highest BCUT2D eigenvalue weighted by atomic mass is 19.4. The first-order valence-electron chi connectivity index (χ1n) is 6.38. The summed E-state index contributed by atoms with van der Waals surface area (Å²) >= 11 is 0. The summed E-state index contributed by atoms with van der Waals surface area (Å²) in [5.74, 6) is -4.18. The molecule has 0 spiro atoms. The van der Waals surface area contributed by atoms with Crippen molar-refractivity contribution >= 4 is 0 Å². The van der Waals surface area contributed by atoms with Gasteiger partial charge in [-0.3, -0.25) is 0 Å². The maximum atomic E-state index is 12.8. The maximum absolute atomic E-state index is 12.8. The van der Waals surface area contributed by atoms with Crippen LogP contribution < -0.4 is 4.74 Å². The molecule has 1 atom stereocenters. The van der Waals surface area contributed by atoms with Crippen molar-refractivity contribution in [2.24, 2.45) is 5.92 Å². The van der Waals surface area contributed by atoms with E-state index in [0.29, 0.717) is 18.3 Å². The molecule has 0 aromatic heterocycles. The molecule has 1 unspecified atom stereocenters. The highest BCUT2D eigenvalue weighted by Gasteiger charge is 2.58. The summed E-state index contributed by atoms with van der Waals surface area (Å²) in [4.78, 5) is 0. The topological polar surface area (TPSA) is 29.5 Å². The Morgan fingerprint density at radius 1 is 1.05 bits per heavy atom. The van der Waals surface area contributed by atoms with Crippen LogP contribution in [-0.2, 0) is 0 Å². The zero-order valence-corrected chi connectivity index (χ0v) is 11.6. The fraction of sp³-hybridized carbons (Fsp3) is 0.571. The van der Waals surface area contributed by atoms with Crippen LogP contribution in [0.25, 0.3) is 0 Å². The van der Waals surface area contributed by atoms with Crippen LogP contribution >= 0.6 is 0 Å². The number of halogens is 5. The molecule has 7 heteroatoms. The fourth-order valence-corrected chi connectivity index (χ4v) is 1.53. The summed E-state index contributed by atoms with van der Waals surface area (Å²) < 4.78 is 67.2. The Morgan fingerprint density at radius 3 is 2.00 bits per heavy atom. The number of rotatable bonds is 6. The van der Waals surface area contributed by atoms with E-state index < -0.39 is 24.6 Å². The van der Waals surface area contributed by atoms with Gasteiger partial charge in [0.2, 0.25) is 0 Å². The zero-order valence-electron chi connectivity index (χ0n) is 11.6. The minimum atomic E-state index is -5.67. The van der Waals surface area contributed by atoms with E-state index >= 15 is 0 Å². The molecule has 0 saturated heterocycles. The lowest BCUT2D eigenvalue weighted by atomic mass is 10.0. The van der Waals surface area contributed by atoms with Gasteiger partial charge >= 0.3 is 12.1 Å². The second-order valence-corrected chi connectivity index (χ2v) is 5.20. The van der Waals surface area contributed by atoms with Crippen LogP contribution in [0.3, 0.4) is 0 Å². The van der Waals surface area contributed by atoms with E-state index in [-0.39, 0.29) is 5.56 Å². The molecule has 0 aliphatic heterocycles. The lowest BCUT2D eigenvalue weighted by Gasteiger charge is -2.22. The van der Waals surface area contributed by atoms with E-state index in [4.69, 9.17) is 4.74 Å². The second-order valence-electron chi connectivity index (χ2n) is 5.20. The quantitative estimate of drug-likeness (QED) is 0.792. The van der Waals surface area contributed by atoms with E-state index in [1.807, 2.05) is 13.8 Å². The first-order valence-corrected chi connectivity index (χ1v) is 6.38. The number of aliphatic hydroxyl groups is 1. The molecule has 1 aromatic carbocycles. The molecule has 1 rings (SSSR count). The van der Waals surface area contributed by atoms with Crippen molar-refractivity contribution in [1.82, 2.24) is 0 Å². The van der Waals surface area contributed by atoms with E-state index in [1.165, 1.54) is 24.3 Å². The standard InChI is InChI=1S/C14H17F5O2/c1-9(2)8-21-11-5-3-10(4-6-11)12(20)7-13(15,16)14(17,18)19/h3-6,9,12,20H,7-8H2,1-2H3. The zero-order chi connectivity index (χ0) is 16.3. The third-order valence-electron chi connectivity index (χ3n) is 2.71. The predicted octanol–water partition coefficient (Wildman–Crippen LogP) is 4.34. The molecule has 0 heterocycles. The molecule has 2 nitrogen and oxygen atoms in total. The lowest BCUT2D eigenvalue weighted by molar-refractivity contribution is -0.290. The van der Waals surface area contributed by atoms with Crippen LogP contribution in [0.15, 0.2) is 24.3 Å². The molecule has 21 heavy (non-hydrogen) atoms. The summed E-state index contributed by atoms with van der Waals surface area (Å²) in [7, 11) is 0. The summed E-state index contributed by atoms with van der Waals surface area (Å²) in [6, 6.07) is 5.39. The van der Waals surface area contributed by atoms with E-state index in [0.717, 1.165) is 0 Å². The maximum Gasteiger partial charge on any atom is 0.453 e. The molecule has 120 valence electrons. The predicted molar refractivity (Wildman–Crippen MR) is 67.4 cm³/mol. The Kier molecular flexibility index (Phi) is 5.55. The van der Waals surface area contributed by atoms with Gasteiger partial charge in [-0.2, -0.15) is 22.0 Å². The van der Waals surface area contributed by atoms with Crippen LogP contribution in [0.5, 0.6) is 5.75 Å². The van der Waals surface area contributed by atoms with Gasteiger partial charge in [0.15, 0.2) is 0 Å². The minimum Gasteiger partial charge on any atom is -0.493 e. The molecule has 0 aliphatic carbocycles. The molecule has 0 bridgehead atoms. The van der Waals surface area contributed by atoms with Crippen molar-refractivity contribution in [3.8, 4) is 5.75 Å². The van der Waals surface area contributed by atoms with Crippen LogP contribution in [0.4, 0.5) is 22.0 Å². The Morgan fingerprint density at radius 2 is 1.57 bits per heavy atom. The van der Waals surface area contributed by atoms with Crippen LogP contribution in [0, 0.1) is 5.92 Å². The largest absolute Gasteiger partial charge is 0.493 e. The van der Waals surface area contributed by atoms with Gasteiger partial charge in [-0.1, -0.05) is 26.0 Å². The molecular formula is C14H17F5O2. The van der Waals surface area contributed by atoms with Crippen LogP contribution in [0.2, 0.25) is 0 Å². The molecule has 0 saturated carbocycles. The van der Waals surface area contributed by atoms with Crippen LogP contribution in [0.1, 0.15) is 31.9 Å². The van der Waals surface area contributed by atoms with Gasteiger partial charge in [-0.05, 0) is 23.6 Å². The Hall–Kier alpha value is -1.37. The molecule has 1 aromatic rings. The average molecular weight is 312 g/mol. The van der Waals surface area contributed by atoms with Gasteiger partial charge in [0.25, 0.3) is 0 Å². The molecule has 1 N–H and O–H groups in total. The Labute approximate surface area is 119 Å². The summed E-state index contributed by atoms with van der Waals surface area (Å²) in [5.41, 5.74) is -0.0178. The number of benzene rings is 1. The van der Waals surface area contributed by atoms with Gasteiger partial charge in [-0.25, -0.2) is 0 Å². The van der Waals surface area contributed by atoms with Gasteiger partial charge in [0, 0.05) is 0 Å². The lowest BCUT2D eigenvalue weighted by Crippen LogP contribution is -2.37. The summed E-state index contributed by atoms with van der Waals surface area (Å²) in [6.45, 7) is 4.34. The third kappa shape index (κ3) is 5.15. The molecule has 0 radical (unpaired) electrons. The van der Waals surface area contributed by atoms with Gasteiger partial charge in [-0.15, -0.1) is 0 Å². The molecule has 0 amide bonds. The highest BCUT2D eigenvalue weighted by molar-refractivity contribution is 5.28. The van der Waals surface area contributed by atoms with Gasteiger partial charge in [0.1, 0.15) is 5.75 Å². The first-order chi connectivity index (χ1) is 9.53. The van der Waals surface area contributed by atoms with Crippen molar-refractivity contribution in [3.05, 3.63) is 29.8 Å². The number of alkyl halides is 5. The number of ether oxygens (including phenoxy) is 1. The first kappa shape index (κ1) is 17.7. The van der Waals surface area contributed by atoms with Crippen molar-refractivity contribution < 1.29 is 31.8 Å². The van der Waals surface area contributed by atoms with E-state index in [1.54, 1.807) is 0 Å². The smallest absolute Gasteiger partial charge is 0.453 e. The van der Waals surface area contributed by atoms with Crippen molar-refractivity contribution in [3.63, 3.8) is 0 Å². The normalized spacial score (nSPS) is 14.3. The van der Waals surface area contributed by atoms with Crippen molar-refractivity contribution in [2.45, 2.75) is 38.5 Å². The fourth-order valence-electron chi connectivity index (χ4n) is 1.53. The monoisotopic (exact) mass is 312 g/mol. The Balaban J connectivity index is 2.69. The number of hydrogen-bond donors (Lipinski definition) is 1. The average Bonchev–Trinajstić information content (AvgIpc) is 2.35. The van der Waals surface area contributed by atoms with Gasteiger partial charge in [0.05, 0.1) is 19.1 Å². The number of hydrogen-bond acceptors (Lipinski definition) is 2. The molecule has 0 aliphatic rings.